The van der Waals surface area contributed by atoms with E-state index in [0.717, 1.165) is 19.3 Å². The Morgan fingerprint density at radius 2 is 2.06 bits per heavy atom. The Morgan fingerprint density at radius 3 is 2.78 bits per heavy atom. The number of aromatic nitrogens is 2. The number of halogens is 1. The molecule has 1 aromatic carbocycles. The number of rotatable bonds is 9. The fourth-order valence-electron chi connectivity index (χ4n) is 3.97. The van der Waals surface area contributed by atoms with E-state index in [1.807, 2.05) is 16.9 Å². The highest BCUT2D eigenvalue weighted by Crippen LogP contribution is 2.32. The van der Waals surface area contributed by atoms with Crippen LogP contribution < -0.4 is 5.32 Å². The van der Waals surface area contributed by atoms with Crippen LogP contribution in [0, 0.1) is 11.7 Å². The van der Waals surface area contributed by atoms with Crippen LogP contribution in [0.5, 0.6) is 0 Å². The molecule has 0 radical (unpaired) electrons. The summed E-state index contributed by atoms with van der Waals surface area (Å²) in [7, 11) is 3.39. The van der Waals surface area contributed by atoms with Crippen molar-refractivity contribution in [2.24, 2.45) is 5.92 Å². The number of carbonyl (C=O) groups is 2. The van der Waals surface area contributed by atoms with Gasteiger partial charge in [0.25, 0.3) is 0 Å². The Morgan fingerprint density at radius 1 is 1.28 bits per heavy atom. The molecule has 2 aliphatic rings. The number of hydrogen-bond donors (Lipinski definition) is 1. The molecule has 1 saturated heterocycles. The molecule has 1 aliphatic heterocycles. The number of anilines is 1. The zero-order valence-electron chi connectivity index (χ0n) is 18.5. The van der Waals surface area contributed by atoms with Gasteiger partial charge in [0.05, 0.1) is 24.5 Å². The molecule has 0 bridgehead atoms. The lowest BCUT2D eigenvalue weighted by atomic mass is 10.1. The second kappa shape index (κ2) is 9.79. The van der Waals surface area contributed by atoms with E-state index in [0.29, 0.717) is 30.9 Å². The average molecular weight is 444 g/mol. The van der Waals surface area contributed by atoms with Crippen molar-refractivity contribution in [3.05, 3.63) is 48.0 Å². The molecule has 2 aromatic rings. The summed E-state index contributed by atoms with van der Waals surface area (Å²) in [6.45, 7) is 1.50. The molecule has 8 nitrogen and oxygen atoms in total. The number of benzene rings is 1. The van der Waals surface area contributed by atoms with Crippen LogP contribution in [0.25, 0.3) is 0 Å². The van der Waals surface area contributed by atoms with Crippen LogP contribution >= 0.6 is 0 Å². The van der Waals surface area contributed by atoms with E-state index in [2.05, 4.69) is 15.3 Å². The zero-order chi connectivity index (χ0) is 22.7. The van der Waals surface area contributed by atoms with Gasteiger partial charge in [0.1, 0.15) is 12.4 Å². The van der Waals surface area contributed by atoms with Gasteiger partial charge in [0.15, 0.2) is 0 Å². The minimum Gasteiger partial charge on any atom is -0.370 e. The third-order valence-corrected chi connectivity index (χ3v) is 6.06. The van der Waals surface area contributed by atoms with Crippen molar-refractivity contribution in [3.8, 4) is 0 Å². The molecule has 1 N–H and O–H groups in total. The molecule has 2 amide bonds. The van der Waals surface area contributed by atoms with E-state index in [1.165, 1.54) is 11.0 Å². The molecule has 32 heavy (non-hydrogen) atoms. The van der Waals surface area contributed by atoms with E-state index in [-0.39, 0.29) is 42.2 Å². The number of nitrogens with one attached hydrogen (secondary N) is 1. The van der Waals surface area contributed by atoms with Gasteiger partial charge in [-0.1, -0.05) is 18.2 Å². The first-order chi connectivity index (χ1) is 15.4. The molecule has 0 spiro atoms. The molecule has 1 aromatic heterocycles. The van der Waals surface area contributed by atoms with Crippen molar-refractivity contribution in [2.75, 3.05) is 39.2 Å². The fourth-order valence-corrected chi connectivity index (χ4v) is 3.97. The van der Waals surface area contributed by atoms with Gasteiger partial charge >= 0.3 is 0 Å². The van der Waals surface area contributed by atoms with Crippen molar-refractivity contribution in [1.29, 1.82) is 0 Å². The number of carbonyl (C=O) groups excluding carboxylic acids is 2. The van der Waals surface area contributed by atoms with Gasteiger partial charge in [-0.25, -0.2) is 4.39 Å². The summed E-state index contributed by atoms with van der Waals surface area (Å²) in [6.07, 6.45) is 6.17. The third kappa shape index (κ3) is 5.52. The molecule has 1 aliphatic carbocycles. The van der Waals surface area contributed by atoms with Gasteiger partial charge in [-0.05, 0) is 25.3 Å². The lowest BCUT2D eigenvalue weighted by molar-refractivity contribution is -0.134. The lowest BCUT2D eigenvalue weighted by Crippen LogP contribution is -2.35. The standard InChI is InChI=1S/C23H30FN5O3/c1-27(2)22(30)15-32-14-20-9-19(13-28(20)11-17-5-3-4-6-21(17)24)29-12-18(10-25-29)26-23(31)16-7-8-16/h3-6,10,12,16,19-20H,7-9,11,13-15H2,1-2H3,(H,26,31)/t19-,20-/m0/s1. The van der Waals surface area contributed by atoms with Crippen LogP contribution in [-0.2, 0) is 20.9 Å². The number of likely N-dealkylation sites (N-methyl/N-ethyl adjacent to an activating group) is 1. The number of ether oxygens (including phenoxy) is 1. The van der Waals surface area contributed by atoms with Crippen molar-refractivity contribution in [3.63, 3.8) is 0 Å². The lowest BCUT2D eigenvalue weighted by Gasteiger charge is -2.24. The van der Waals surface area contributed by atoms with E-state index in [4.69, 9.17) is 4.74 Å². The Kier molecular flexibility index (Phi) is 6.86. The highest BCUT2D eigenvalue weighted by atomic mass is 19.1. The number of hydrogen-bond acceptors (Lipinski definition) is 5. The predicted molar refractivity (Wildman–Crippen MR) is 117 cm³/mol. The maximum atomic E-state index is 14.3. The van der Waals surface area contributed by atoms with Crippen LogP contribution in [0.4, 0.5) is 10.1 Å². The first kappa shape index (κ1) is 22.4. The van der Waals surface area contributed by atoms with Gasteiger partial charge in [-0.15, -0.1) is 0 Å². The molecule has 0 unspecified atom stereocenters. The largest absolute Gasteiger partial charge is 0.370 e. The van der Waals surface area contributed by atoms with Crippen LogP contribution in [0.15, 0.2) is 36.7 Å². The Balaban J connectivity index is 1.42. The Labute approximate surface area is 187 Å². The summed E-state index contributed by atoms with van der Waals surface area (Å²) in [4.78, 5) is 27.5. The van der Waals surface area contributed by atoms with Gasteiger partial charge < -0.3 is 15.0 Å². The van der Waals surface area contributed by atoms with Gasteiger partial charge in [-0.3, -0.25) is 19.2 Å². The smallest absolute Gasteiger partial charge is 0.248 e. The van der Waals surface area contributed by atoms with Crippen molar-refractivity contribution >= 4 is 17.5 Å². The van der Waals surface area contributed by atoms with E-state index in [1.54, 1.807) is 32.4 Å². The van der Waals surface area contributed by atoms with E-state index >= 15 is 0 Å². The zero-order valence-corrected chi connectivity index (χ0v) is 18.5. The fraction of sp³-hybridized carbons (Fsp3) is 0.522. The first-order valence-corrected chi connectivity index (χ1v) is 11.0. The van der Waals surface area contributed by atoms with E-state index < -0.39 is 0 Å². The molecule has 2 fully saturated rings. The number of amides is 2. The number of likely N-dealkylation sites (tertiary alicyclic amines) is 1. The monoisotopic (exact) mass is 443 g/mol. The van der Waals surface area contributed by atoms with Crippen LogP contribution in [-0.4, -0.2) is 71.3 Å². The predicted octanol–water partition coefficient (Wildman–Crippen LogP) is 2.29. The van der Waals surface area contributed by atoms with Gasteiger partial charge in [0.2, 0.25) is 11.8 Å². The summed E-state index contributed by atoms with van der Waals surface area (Å²) < 4.78 is 21.8. The highest BCUT2D eigenvalue weighted by molar-refractivity contribution is 5.93. The maximum Gasteiger partial charge on any atom is 0.248 e. The third-order valence-electron chi connectivity index (χ3n) is 6.06. The van der Waals surface area contributed by atoms with E-state index in [9.17, 15) is 14.0 Å². The molecular weight excluding hydrogens is 413 g/mol. The minimum atomic E-state index is -0.234. The average Bonchev–Trinajstić information content (AvgIpc) is 3.40. The molecule has 1 saturated carbocycles. The Hall–Kier alpha value is -2.78. The van der Waals surface area contributed by atoms with Crippen molar-refractivity contribution in [1.82, 2.24) is 19.6 Å². The normalized spacial score (nSPS) is 21.0. The highest BCUT2D eigenvalue weighted by Gasteiger charge is 2.35. The summed E-state index contributed by atoms with van der Waals surface area (Å²) >= 11 is 0. The summed E-state index contributed by atoms with van der Waals surface area (Å²) in [5, 5.41) is 7.38. The second-order valence-electron chi connectivity index (χ2n) is 8.84. The molecule has 172 valence electrons. The van der Waals surface area contributed by atoms with Crippen LogP contribution in [0.1, 0.15) is 30.9 Å². The van der Waals surface area contributed by atoms with Gasteiger partial charge in [-0.2, -0.15) is 5.10 Å². The molecule has 9 heteroatoms. The molecular formula is C23H30FN5O3. The summed E-state index contributed by atoms with van der Waals surface area (Å²) in [5.41, 5.74) is 1.32. The van der Waals surface area contributed by atoms with Crippen molar-refractivity contribution in [2.45, 2.75) is 37.9 Å². The Bertz CT molecular complexity index is 959. The second-order valence-corrected chi connectivity index (χ2v) is 8.84. The minimum absolute atomic E-state index is 0.0147. The maximum absolute atomic E-state index is 14.3. The first-order valence-electron chi connectivity index (χ1n) is 11.0. The SMILES string of the molecule is CN(C)C(=O)COC[C@@H]1C[C@H](n2cc(NC(=O)C3CC3)cn2)CN1Cc1ccccc1F. The quantitative estimate of drug-likeness (QED) is 0.643. The number of nitrogens with zero attached hydrogens (tertiary/aromatic N) is 4. The van der Waals surface area contributed by atoms with Crippen LogP contribution in [0.2, 0.25) is 0 Å². The molecule has 2 heterocycles. The van der Waals surface area contributed by atoms with Crippen molar-refractivity contribution < 1.29 is 18.7 Å². The topological polar surface area (TPSA) is 79.7 Å². The summed E-state index contributed by atoms with van der Waals surface area (Å²) in [5.74, 6) is -0.146. The molecule has 4 rings (SSSR count). The van der Waals surface area contributed by atoms with Crippen LogP contribution in [0.3, 0.4) is 0 Å². The molecule has 2 atom stereocenters. The summed E-state index contributed by atoms with van der Waals surface area (Å²) in [6, 6.07) is 6.84. The van der Waals surface area contributed by atoms with Gasteiger partial charge in [0, 0.05) is 50.9 Å².